The molecule has 1 aliphatic heterocycles. The van der Waals surface area contributed by atoms with Gasteiger partial charge in [0.25, 0.3) is 0 Å². The molecule has 0 amide bonds. The number of methoxy groups -OCH3 is 1. The van der Waals surface area contributed by atoms with Crippen molar-refractivity contribution >= 4 is 29.0 Å². The molecule has 0 aliphatic carbocycles. The van der Waals surface area contributed by atoms with E-state index in [1.165, 1.54) is 12.7 Å². The predicted molar refractivity (Wildman–Crippen MR) is 112 cm³/mol. The Morgan fingerprint density at radius 3 is 2.48 bits per heavy atom. The summed E-state index contributed by atoms with van der Waals surface area (Å²) in [5.74, 6) is -0.338. The smallest absolute Gasteiger partial charge is 0.337 e. The number of benzene rings is 2. The van der Waals surface area contributed by atoms with E-state index in [-0.39, 0.29) is 5.97 Å². The first-order valence-corrected chi connectivity index (χ1v) is 9.57. The Kier molecular flexibility index (Phi) is 6.79. The number of nitrogens with one attached hydrogen (secondary N) is 1. The fraction of sp³-hybridized carbons (Fsp3) is 0.333. The summed E-state index contributed by atoms with van der Waals surface area (Å²) in [5, 5.41) is 4.00. The van der Waals surface area contributed by atoms with Gasteiger partial charge in [0.1, 0.15) is 0 Å². The van der Waals surface area contributed by atoms with Gasteiger partial charge in [-0.25, -0.2) is 4.79 Å². The van der Waals surface area contributed by atoms with E-state index >= 15 is 0 Å². The van der Waals surface area contributed by atoms with E-state index in [1.807, 2.05) is 12.1 Å². The number of carbonyl (C=O) groups excluding carboxylic acids is 1. The van der Waals surface area contributed by atoms with Gasteiger partial charge in [-0.15, -0.1) is 0 Å². The van der Waals surface area contributed by atoms with Gasteiger partial charge < -0.3 is 15.0 Å². The minimum atomic E-state index is -0.338. The standard InChI is InChI=1S/C21H25N3O2S/c1-26-20(25)18-8-10-19(11-9-18)22-21(27)24-13-5-12-23(14-15-24)16-17-6-3-2-4-7-17/h2-4,6-11H,5,12-16H2,1H3,(H,22,27). The Bertz CT molecular complexity index is 765. The van der Waals surface area contributed by atoms with Crippen LogP contribution in [0.15, 0.2) is 54.6 Å². The third-order valence-corrected chi connectivity index (χ3v) is 5.04. The van der Waals surface area contributed by atoms with E-state index in [0.717, 1.165) is 49.9 Å². The molecule has 142 valence electrons. The summed E-state index contributed by atoms with van der Waals surface area (Å²) in [6.07, 6.45) is 1.08. The lowest BCUT2D eigenvalue weighted by Gasteiger charge is -2.24. The van der Waals surface area contributed by atoms with Crippen molar-refractivity contribution in [2.75, 3.05) is 38.6 Å². The summed E-state index contributed by atoms with van der Waals surface area (Å²) in [6, 6.07) is 17.7. The zero-order valence-electron chi connectivity index (χ0n) is 15.6. The van der Waals surface area contributed by atoms with Crippen molar-refractivity contribution < 1.29 is 9.53 Å². The zero-order chi connectivity index (χ0) is 19.1. The number of thiocarbonyl (C=S) groups is 1. The third-order valence-electron chi connectivity index (χ3n) is 4.68. The molecule has 1 aliphatic rings. The van der Waals surface area contributed by atoms with Gasteiger partial charge in [0.2, 0.25) is 0 Å². The van der Waals surface area contributed by atoms with Crippen LogP contribution in [0.2, 0.25) is 0 Å². The molecule has 0 radical (unpaired) electrons. The van der Waals surface area contributed by atoms with Crippen molar-refractivity contribution in [3.05, 3.63) is 65.7 Å². The Balaban J connectivity index is 1.52. The topological polar surface area (TPSA) is 44.8 Å². The summed E-state index contributed by atoms with van der Waals surface area (Å²) in [4.78, 5) is 16.2. The fourth-order valence-electron chi connectivity index (χ4n) is 3.18. The van der Waals surface area contributed by atoms with Gasteiger partial charge in [0.05, 0.1) is 12.7 Å². The molecule has 5 nitrogen and oxygen atoms in total. The average molecular weight is 384 g/mol. The van der Waals surface area contributed by atoms with Gasteiger partial charge in [0, 0.05) is 38.4 Å². The maximum Gasteiger partial charge on any atom is 0.337 e. The molecular weight excluding hydrogens is 358 g/mol. The SMILES string of the molecule is COC(=O)c1ccc(NC(=S)N2CCCN(Cc3ccccc3)CC2)cc1. The van der Waals surface area contributed by atoms with E-state index in [2.05, 4.69) is 45.4 Å². The van der Waals surface area contributed by atoms with Crippen LogP contribution in [0.4, 0.5) is 5.69 Å². The van der Waals surface area contributed by atoms with E-state index in [9.17, 15) is 4.79 Å². The van der Waals surface area contributed by atoms with Gasteiger partial charge in [-0.1, -0.05) is 30.3 Å². The number of esters is 1. The number of carbonyl (C=O) groups is 1. The van der Waals surface area contributed by atoms with Gasteiger partial charge >= 0.3 is 5.97 Å². The summed E-state index contributed by atoms with van der Waals surface area (Å²) in [6.45, 7) is 4.87. The lowest BCUT2D eigenvalue weighted by Crippen LogP contribution is -2.37. The number of anilines is 1. The number of rotatable bonds is 4. The minimum absolute atomic E-state index is 0.338. The maximum absolute atomic E-state index is 11.5. The van der Waals surface area contributed by atoms with Crippen molar-refractivity contribution in [2.45, 2.75) is 13.0 Å². The van der Waals surface area contributed by atoms with Crippen LogP contribution in [0, 0.1) is 0 Å². The maximum atomic E-state index is 11.5. The van der Waals surface area contributed by atoms with Gasteiger partial charge in [0.15, 0.2) is 5.11 Å². The van der Waals surface area contributed by atoms with Crippen molar-refractivity contribution in [3.8, 4) is 0 Å². The number of ether oxygens (including phenoxy) is 1. The van der Waals surface area contributed by atoms with Crippen LogP contribution < -0.4 is 5.32 Å². The molecule has 0 unspecified atom stereocenters. The molecule has 0 aromatic heterocycles. The highest BCUT2D eigenvalue weighted by Gasteiger charge is 2.17. The molecule has 1 saturated heterocycles. The number of hydrogen-bond acceptors (Lipinski definition) is 4. The van der Waals surface area contributed by atoms with E-state index in [0.29, 0.717) is 5.56 Å². The van der Waals surface area contributed by atoms with Gasteiger partial charge in [-0.3, -0.25) is 4.90 Å². The lowest BCUT2D eigenvalue weighted by atomic mass is 10.2. The molecular formula is C21H25N3O2S. The molecule has 27 heavy (non-hydrogen) atoms. The predicted octanol–water partition coefficient (Wildman–Crippen LogP) is 3.38. The molecule has 0 bridgehead atoms. The van der Waals surface area contributed by atoms with Gasteiger partial charge in [-0.2, -0.15) is 0 Å². The Morgan fingerprint density at radius 1 is 1.04 bits per heavy atom. The Morgan fingerprint density at radius 2 is 1.78 bits per heavy atom. The van der Waals surface area contributed by atoms with Crippen LogP contribution in [0.3, 0.4) is 0 Å². The first-order valence-electron chi connectivity index (χ1n) is 9.16. The van der Waals surface area contributed by atoms with E-state index < -0.39 is 0 Å². The minimum Gasteiger partial charge on any atom is -0.465 e. The molecule has 3 rings (SSSR count). The number of hydrogen-bond donors (Lipinski definition) is 1. The largest absolute Gasteiger partial charge is 0.465 e. The quantitative estimate of drug-likeness (QED) is 0.645. The van der Waals surface area contributed by atoms with Crippen LogP contribution >= 0.6 is 12.2 Å². The highest BCUT2D eigenvalue weighted by atomic mass is 32.1. The molecule has 6 heteroatoms. The second-order valence-electron chi connectivity index (χ2n) is 6.60. The van der Waals surface area contributed by atoms with Crippen LogP contribution in [0.5, 0.6) is 0 Å². The van der Waals surface area contributed by atoms with E-state index in [4.69, 9.17) is 17.0 Å². The molecule has 0 spiro atoms. The second kappa shape index (κ2) is 9.48. The van der Waals surface area contributed by atoms with Crippen LogP contribution in [-0.4, -0.2) is 54.2 Å². The molecule has 1 heterocycles. The van der Waals surface area contributed by atoms with Crippen LogP contribution in [0.1, 0.15) is 22.3 Å². The molecule has 2 aromatic carbocycles. The van der Waals surface area contributed by atoms with Crippen molar-refractivity contribution in [2.24, 2.45) is 0 Å². The monoisotopic (exact) mass is 383 g/mol. The van der Waals surface area contributed by atoms with Crippen LogP contribution in [-0.2, 0) is 11.3 Å². The summed E-state index contributed by atoms with van der Waals surface area (Å²) in [5.41, 5.74) is 2.75. The number of nitrogens with zero attached hydrogens (tertiary/aromatic N) is 2. The van der Waals surface area contributed by atoms with Crippen molar-refractivity contribution in [1.82, 2.24) is 9.80 Å². The van der Waals surface area contributed by atoms with Crippen molar-refractivity contribution in [1.29, 1.82) is 0 Å². The molecule has 0 saturated carbocycles. The highest BCUT2D eigenvalue weighted by molar-refractivity contribution is 7.80. The van der Waals surface area contributed by atoms with Crippen molar-refractivity contribution in [3.63, 3.8) is 0 Å². The lowest BCUT2D eigenvalue weighted by molar-refractivity contribution is 0.0601. The summed E-state index contributed by atoms with van der Waals surface area (Å²) < 4.78 is 4.72. The fourth-order valence-corrected chi connectivity index (χ4v) is 3.48. The average Bonchev–Trinajstić information content (AvgIpc) is 2.94. The molecule has 1 N–H and O–H groups in total. The van der Waals surface area contributed by atoms with Gasteiger partial charge in [-0.05, 0) is 48.5 Å². The molecule has 1 fully saturated rings. The molecule has 2 aromatic rings. The first kappa shape index (κ1) is 19.3. The molecule has 0 atom stereocenters. The normalized spacial score (nSPS) is 15.1. The van der Waals surface area contributed by atoms with E-state index in [1.54, 1.807) is 12.1 Å². The summed E-state index contributed by atoms with van der Waals surface area (Å²) in [7, 11) is 1.38. The highest BCUT2D eigenvalue weighted by Crippen LogP contribution is 2.13. The zero-order valence-corrected chi connectivity index (χ0v) is 16.4. The Hall–Kier alpha value is -2.44. The third kappa shape index (κ3) is 5.52. The Labute approximate surface area is 165 Å². The second-order valence-corrected chi connectivity index (χ2v) is 6.99. The first-order chi connectivity index (χ1) is 13.2. The van der Waals surface area contributed by atoms with Crippen LogP contribution in [0.25, 0.3) is 0 Å². The summed E-state index contributed by atoms with van der Waals surface area (Å²) >= 11 is 5.60.